The van der Waals surface area contributed by atoms with Gasteiger partial charge in [-0.1, -0.05) is 23.8 Å². The average Bonchev–Trinajstić information content (AvgIpc) is 2.34. The average molecular weight is 254 g/mol. The molecule has 0 spiro atoms. The Balaban J connectivity index is 2.05. The van der Waals surface area contributed by atoms with Crippen molar-refractivity contribution in [3.8, 4) is 0 Å². The van der Waals surface area contributed by atoms with E-state index in [-0.39, 0.29) is 16.8 Å². The number of carbonyl (C=O) groups is 1. The molecule has 4 heteroatoms. The number of rotatable bonds is 2. The molecule has 1 amide bonds. The standard InChI is InChI=1S/C13H13ClFNO/c14-11-8-10(15)6-7-12(11)16-13(17)9-4-2-1-3-5-9/h1-2,6-9H,3-5H2,(H,16,17)/t9-/m0/s1. The Morgan fingerprint density at radius 3 is 2.88 bits per heavy atom. The van der Waals surface area contributed by atoms with Crippen molar-refractivity contribution in [3.05, 3.63) is 41.2 Å². The Hall–Kier alpha value is -1.35. The summed E-state index contributed by atoms with van der Waals surface area (Å²) in [6.07, 6.45) is 6.62. The SMILES string of the molecule is O=C(Nc1ccc(F)cc1Cl)[C@H]1CC=CCC1. The molecule has 0 fully saturated rings. The predicted molar refractivity (Wildman–Crippen MR) is 66.5 cm³/mol. The van der Waals surface area contributed by atoms with Crippen LogP contribution in [0.3, 0.4) is 0 Å². The van der Waals surface area contributed by atoms with Crippen LogP contribution in [0.4, 0.5) is 10.1 Å². The van der Waals surface area contributed by atoms with Crippen LogP contribution in [0.15, 0.2) is 30.4 Å². The summed E-state index contributed by atoms with van der Waals surface area (Å²) in [7, 11) is 0. The summed E-state index contributed by atoms with van der Waals surface area (Å²) in [5, 5.41) is 2.96. The van der Waals surface area contributed by atoms with Gasteiger partial charge in [-0.15, -0.1) is 0 Å². The molecule has 0 saturated heterocycles. The topological polar surface area (TPSA) is 29.1 Å². The van der Waals surface area contributed by atoms with Gasteiger partial charge in [0.15, 0.2) is 0 Å². The lowest BCUT2D eigenvalue weighted by Crippen LogP contribution is -2.23. The van der Waals surface area contributed by atoms with Crippen LogP contribution in [0.2, 0.25) is 5.02 Å². The molecule has 0 saturated carbocycles. The van der Waals surface area contributed by atoms with Gasteiger partial charge in [0.2, 0.25) is 5.91 Å². The number of nitrogens with one attached hydrogen (secondary N) is 1. The van der Waals surface area contributed by atoms with Crippen LogP contribution in [-0.4, -0.2) is 5.91 Å². The van der Waals surface area contributed by atoms with Crippen LogP contribution >= 0.6 is 11.6 Å². The second kappa shape index (κ2) is 5.32. The van der Waals surface area contributed by atoms with Crippen molar-refractivity contribution in [1.82, 2.24) is 0 Å². The number of hydrogen-bond acceptors (Lipinski definition) is 1. The van der Waals surface area contributed by atoms with E-state index in [1.165, 1.54) is 18.2 Å². The van der Waals surface area contributed by atoms with E-state index < -0.39 is 5.82 Å². The van der Waals surface area contributed by atoms with E-state index in [2.05, 4.69) is 11.4 Å². The van der Waals surface area contributed by atoms with Crippen molar-refractivity contribution < 1.29 is 9.18 Å². The molecule has 1 aromatic carbocycles. The summed E-state index contributed by atoms with van der Waals surface area (Å²) in [5.41, 5.74) is 0.465. The monoisotopic (exact) mass is 253 g/mol. The molecule has 0 aliphatic heterocycles. The highest BCUT2D eigenvalue weighted by Gasteiger charge is 2.19. The second-order valence-corrected chi connectivity index (χ2v) is 4.50. The second-order valence-electron chi connectivity index (χ2n) is 4.09. The molecule has 1 N–H and O–H groups in total. The number of allylic oxidation sites excluding steroid dienone is 2. The lowest BCUT2D eigenvalue weighted by atomic mass is 9.93. The molecule has 1 aliphatic rings. The van der Waals surface area contributed by atoms with Gasteiger partial charge >= 0.3 is 0 Å². The first-order valence-corrected chi connectivity index (χ1v) is 5.95. The number of halogens is 2. The van der Waals surface area contributed by atoms with Crippen LogP contribution in [0, 0.1) is 11.7 Å². The predicted octanol–water partition coefficient (Wildman–Crippen LogP) is 3.77. The van der Waals surface area contributed by atoms with Gasteiger partial charge in [-0.05, 0) is 37.5 Å². The third-order valence-electron chi connectivity index (χ3n) is 2.83. The van der Waals surface area contributed by atoms with Crippen LogP contribution in [0.1, 0.15) is 19.3 Å². The molecule has 0 radical (unpaired) electrons. The van der Waals surface area contributed by atoms with Crippen molar-refractivity contribution in [3.63, 3.8) is 0 Å². The molecule has 0 bridgehead atoms. The highest BCUT2D eigenvalue weighted by atomic mass is 35.5. The molecule has 0 aromatic heterocycles. The van der Waals surface area contributed by atoms with Crippen molar-refractivity contribution in [1.29, 1.82) is 0 Å². The van der Waals surface area contributed by atoms with Crippen LogP contribution in [0.5, 0.6) is 0 Å². The smallest absolute Gasteiger partial charge is 0.227 e. The number of hydrogen-bond donors (Lipinski definition) is 1. The Bertz CT molecular complexity index is 459. The number of amides is 1. The Kier molecular flexibility index (Phi) is 3.79. The Morgan fingerprint density at radius 1 is 1.41 bits per heavy atom. The fraction of sp³-hybridized carbons (Fsp3) is 0.308. The number of carbonyl (C=O) groups excluding carboxylic acids is 1. The quantitative estimate of drug-likeness (QED) is 0.799. The van der Waals surface area contributed by atoms with Gasteiger partial charge in [0.05, 0.1) is 10.7 Å². The van der Waals surface area contributed by atoms with Gasteiger partial charge in [-0.2, -0.15) is 0 Å². The van der Waals surface area contributed by atoms with Gasteiger partial charge in [0.25, 0.3) is 0 Å². The molecule has 2 rings (SSSR count). The maximum absolute atomic E-state index is 12.8. The van der Waals surface area contributed by atoms with E-state index in [4.69, 9.17) is 11.6 Å². The summed E-state index contributed by atoms with van der Waals surface area (Å²) in [6, 6.07) is 3.95. The van der Waals surface area contributed by atoms with Crippen molar-refractivity contribution in [2.45, 2.75) is 19.3 Å². The van der Waals surface area contributed by atoms with E-state index >= 15 is 0 Å². The van der Waals surface area contributed by atoms with Gasteiger partial charge in [-0.3, -0.25) is 4.79 Å². The molecule has 90 valence electrons. The number of anilines is 1. The van der Waals surface area contributed by atoms with Gasteiger partial charge in [0.1, 0.15) is 5.82 Å². The molecule has 0 heterocycles. The number of benzene rings is 1. The Morgan fingerprint density at radius 2 is 2.24 bits per heavy atom. The molecular weight excluding hydrogens is 241 g/mol. The summed E-state index contributed by atoms with van der Waals surface area (Å²) >= 11 is 5.84. The third kappa shape index (κ3) is 3.07. The minimum atomic E-state index is -0.409. The van der Waals surface area contributed by atoms with Crippen LogP contribution < -0.4 is 5.32 Å². The van der Waals surface area contributed by atoms with E-state index in [9.17, 15) is 9.18 Å². The highest BCUT2D eigenvalue weighted by Crippen LogP contribution is 2.25. The summed E-state index contributed by atoms with van der Waals surface area (Å²) in [4.78, 5) is 11.9. The first kappa shape index (κ1) is 12.1. The van der Waals surface area contributed by atoms with Crippen LogP contribution in [-0.2, 0) is 4.79 Å². The maximum Gasteiger partial charge on any atom is 0.227 e. The van der Waals surface area contributed by atoms with E-state index in [0.29, 0.717) is 5.69 Å². The maximum atomic E-state index is 12.8. The minimum Gasteiger partial charge on any atom is -0.325 e. The molecule has 1 aliphatic carbocycles. The highest BCUT2D eigenvalue weighted by molar-refractivity contribution is 6.33. The zero-order chi connectivity index (χ0) is 12.3. The lowest BCUT2D eigenvalue weighted by Gasteiger charge is -2.17. The fourth-order valence-electron chi connectivity index (χ4n) is 1.86. The van der Waals surface area contributed by atoms with Crippen molar-refractivity contribution in [2.75, 3.05) is 5.32 Å². The Labute approximate surface area is 104 Å². The van der Waals surface area contributed by atoms with Gasteiger partial charge in [0, 0.05) is 5.92 Å². The summed E-state index contributed by atoms with van der Waals surface area (Å²) in [5.74, 6) is -0.474. The normalized spacial score (nSPS) is 19.1. The molecule has 2 nitrogen and oxygen atoms in total. The van der Waals surface area contributed by atoms with Crippen molar-refractivity contribution in [2.24, 2.45) is 5.92 Å². The zero-order valence-corrected chi connectivity index (χ0v) is 10.0. The first-order valence-electron chi connectivity index (χ1n) is 5.58. The molecule has 17 heavy (non-hydrogen) atoms. The first-order chi connectivity index (χ1) is 8.16. The van der Waals surface area contributed by atoms with Crippen LogP contribution in [0.25, 0.3) is 0 Å². The zero-order valence-electron chi connectivity index (χ0n) is 9.25. The van der Waals surface area contributed by atoms with E-state index in [0.717, 1.165) is 19.3 Å². The molecule has 1 aromatic rings. The molecule has 0 unspecified atom stereocenters. The lowest BCUT2D eigenvalue weighted by molar-refractivity contribution is -0.120. The molecule has 1 atom stereocenters. The largest absolute Gasteiger partial charge is 0.325 e. The van der Waals surface area contributed by atoms with Crippen molar-refractivity contribution >= 4 is 23.2 Å². The third-order valence-corrected chi connectivity index (χ3v) is 3.14. The fourth-order valence-corrected chi connectivity index (χ4v) is 2.07. The summed E-state index contributed by atoms with van der Waals surface area (Å²) < 4.78 is 12.8. The minimum absolute atomic E-state index is 0.0129. The molecular formula is C13H13ClFNO. The van der Waals surface area contributed by atoms with Gasteiger partial charge < -0.3 is 5.32 Å². The van der Waals surface area contributed by atoms with E-state index in [1.54, 1.807) is 0 Å². The summed E-state index contributed by atoms with van der Waals surface area (Å²) in [6.45, 7) is 0. The van der Waals surface area contributed by atoms with E-state index in [1.807, 2.05) is 6.08 Å². The van der Waals surface area contributed by atoms with Gasteiger partial charge in [-0.25, -0.2) is 4.39 Å².